The second-order valence-corrected chi connectivity index (χ2v) is 5.20. The first-order valence-electron chi connectivity index (χ1n) is 7.15. The molecular formula is C13H21N7. The van der Waals surface area contributed by atoms with Crippen molar-refractivity contribution >= 4 is 0 Å². The molecule has 1 aliphatic heterocycles. The van der Waals surface area contributed by atoms with Crippen molar-refractivity contribution in [2.45, 2.75) is 39.0 Å². The molecule has 20 heavy (non-hydrogen) atoms. The summed E-state index contributed by atoms with van der Waals surface area (Å²) in [6, 6.07) is 0.200. The van der Waals surface area contributed by atoms with Gasteiger partial charge in [0.05, 0.1) is 18.8 Å². The van der Waals surface area contributed by atoms with E-state index in [1.165, 1.54) is 5.56 Å². The molecule has 3 rings (SSSR count). The van der Waals surface area contributed by atoms with Crippen LogP contribution in [0.4, 0.5) is 0 Å². The van der Waals surface area contributed by atoms with Gasteiger partial charge in [0.1, 0.15) is 12.2 Å². The maximum absolute atomic E-state index is 5.99. The molecule has 2 aromatic rings. The Hall–Kier alpha value is -1.73. The van der Waals surface area contributed by atoms with Crippen LogP contribution in [0.15, 0.2) is 18.7 Å². The summed E-state index contributed by atoms with van der Waals surface area (Å²) < 4.78 is 4.09. The van der Waals surface area contributed by atoms with Crippen molar-refractivity contribution in [2.24, 2.45) is 5.73 Å². The summed E-state index contributed by atoms with van der Waals surface area (Å²) in [5, 5.41) is 12.5. The third kappa shape index (κ3) is 2.46. The quantitative estimate of drug-likeness (QED) is 0.854. The molecule has 3 heterocycles. The predicted molar refractivity (Wildman–Crippen MR) is 74.7 cm³/mol. The van der Waals surface area contributed by atoms with Crippen LogP contribution in [-0.4, -0.2) is 42.5 Å². The Kier molecular flexibility index (Phi) is 3.79. The zero-order valence-corrected chi connectivity index (χ0v) is 11.8. The first-order valence-corrected chi connectivity index (χ1v) is 7.15. The largest absolute Gasteiger partial charge is 0.329 e. The van der Waals surface area contributed by atoms with Crippen LogP contribution in [0, 0.1) is 0 Å². The molecule has 2 N–H and O–H groups in total. The van der Waals surface area contributed by atoms with Gasteiger partial charge in [0.25, 0.3) is 0 Å². The Balaban J connectivity index is 1.76. The van der Waals surface area contributed by atoms with E-state index in [4.69, 9.17) is 5.73 Å². The molecule has 1 unspecified atom stereocenters. The maximum Gasteiger partial charge on any atom is 0.147 e. The first kappa shape index (κ1) is 13.3. The molecule has 0 amide bonds. The third-order valence-electron chi connectivity index (χ3n) is 3.82. The molecular weight excluding hydrogens is 254 g/mol. The smallest absolute Gasteiger partial charge is 0.147 e. The fourth-order valence-electron chi connectivity index (χ4n) is 2.75. The summed E-state index contributed by atoms with van der Waals surface area (Å²) in [6.45, 7) is 6.37. The van der Waals surface area contributed by atoms with Crippen LogP contribution in [-0.2, 0) is 19.6 Å². The lowest BCUT2D eigenvalue weighted by Crippen LogP contribution is -2.39. The summed E-state index contributed by atoms with van der Waals surface area (Å²) in [5.41, 5.74) is 7.18. The van der Waals surface area contributed by atoms with Crippen LogP contribution in [0.5, 0.6) is 0 Å². The van der Waals surface area contributed by atoms with Gasteiger partial charge >= 0.3 is 0 Å². The number of aromatic nitrogens is 5. The highest BCUT2D eigenvalue weighted by Gasteiger charge is 2.25. The van der Waals surface area contributed by atoms with Crippen LogP contribution in [0.1, 0.15) is 30.8 Å². The number of rotatable bonds is 5. The van der Waals surface area contributed by atoms with Crippen molar-refractivity contribution in [1.29, 1.82) is 0 Å². The molecule has 7 heteroatoms. The van der Waals surface area contributed by atoms with Gasteiger partial charge in [-0.15, -0.1) is 10.2 Å². The predicted octanol–water partition coefficient (Wildman–Crippen LogP) is 0.400. The van der Waals surface area contributed by atoms with E-state index in [1.807, 2.05) is 10.9 Å². The van der Waals surface area contributed by atoms with Gasteiger partial charge in [0.2, 0.25) is 0 Å². The van der Waals surface area contributed by atoms with Gasteiger partial charge in [-0.1, -0.05) is 6.92 Å². The van der Waals surface area contributed by atoms with Crippen molar-refractivity contribution in [2.75, 3.05) is 13.1 Å². The minimum Gasteiger partial charge on any atom is -0.329 e. The number of aryl methyl sites for hydroxylation is 1. The van der Waals surface area contributed by atoms with Crippen LogP contribution >= 0.6 is 0 Å². The summed E-state index contributed by atoms with van der Waals surface area (Å²) in [5.74, 6) is 1.01. The highest BCUT2D eigenvalue weighted by atomic mass is 15.3. The molecule has 0 spiro atoms. The first-order chi connectivity index (χ1) is 9.81. The van der Waals surface area contributed by atoms with Crippen LogP contribution in [0.3, 0.4) is 0 Å². The highest BCUT2D eigenvalue weighted by molar-refractivity contribution is 5.12. The summed E-state index contributed by atoms with van der Waals surface area (Å²) in [6.07, 6.45) is 6.93. The fraction of sp³-hybridized carbons (Fsp3) is 0.615. The molecule has 0 aromatic carbocycles. The fourth-order valence-corrected chi connectivity index (χ4v) is 2.75. The number of nitrogens with two attached hydrogens (primary N) is 1. The van der Waals surface area contributed by atoms with E-state index in [2.05, 4.69) is 37.9 Å². The number of hydrogen-bond donors (Lipinski definition) is 1. The third-order valence-corrected chi connectivity index (χ3v) is 3.82. The number of nitrogens with zero attached hydrogens (tertiary/aromatic N) is 6. The standard InChI is InChI=1S/C13H21N7/c1-2-3-20-8-11(7-16-20)12(6-14)18-4-5-19-10-15-17-13(19)9-18/h7-8,10,12H,2-6,9,14H2,1H3. The lowest BCUT2D eigenvalue weighted by Gasteiger charge is -2.33. The molecule has 2 aromatic heterocycles. The lowest BCUT2D eigenvalue weighted by atomic mass is 10.1. The summed E-state index contributed by atoms with van der Waals surface area (Å²) in [7, 11) is 0. The molecule has 108 valence electrons. The molecule has 0 bridgehead atoms. The van der Waals surface area contributed by atoms with Crippen molar-refractivity contribution in [3.63, 3.8) is 0 Å². The van der Waals surface area contributed by atoms with E-state index in [0.29, 0.717) is 6.54 Å². The summed E-state index contributed by atoms with van der Waals surface area (Å²) >= 11 is 0. The molecule has 0 fully saturated rings. The number of fused-ring (bicyclic) bond motifs is 1. The molecule has 0 saturated carbocycles. The summed E-state index contributed by atoms with van der Waals surface area (Å²) in [4.78, 5) is 2.36. The van der Waals surface area contributed by atoms with Gasteiger partial charge in [-0.05, 0) is 6.42 Å². The van der Waals surface area contributed by atoms with Crippen molar-refractivity contribution in [3.05, 3.63) is 30.1 Å². The molecule has 1 atom stereocenters. The average molecular weight is 275 g/mol. The lowest BCUT2D eigenvalue weighted by molar-refractivity contribution is 0.156. The SMILES string of the molecule is CCCn1cc(C(CN)N2CCn3cnnc3C2)cn1. The monoisotopic (exact) mass is 275 g/mol. The molecule has 1 aliphatic rings. The average Bonchev–Trinajstić information content (AvgIpc) is 3.09. The van der Waals surface area contributed by atoms with Crippen molar-refractivity contribution < 1.29 is 0 Å². The maximum atomic E-state index is 5.99. The van der Waals surface area contributed by atoms with E-state index in [9.17, 15) is 0 Å². The van der Waals surface area contributed by atoms with Crippen LogP contribution in [0.25, 0.3) is 0 Å². The topological polar surface area (TPSA) is 77.8 Å². The van der Waals surface area contributed by atoms with Gasteiger partial charge in [-0.3, -0.25) is 9.58 Å². The Morgan fingerprint density at radius 3 is 3.10 bits per heavy atom. The van der Waals surface area contributed by atoms with Gasteiger partial charge < -0.3 is 10.3 Å². The number of hydrogen-bond acceptors (Lipinski definition) is 5. The van der Waals surface area contributed by atoms with E-state index < -0.39 is 0 Å². The molecule has 0 saturated heterocycles. The van der Waals surface area contributed by atoms with E-state index in [1.54, 1.807) is 6.33 Å². The second kappa shape index (κ2) is 5.72. The Morgan fingerprint density at radius 2 is 2.30 bits per heavy atom. The zero-order valence-electron chi connectivity index (χ0n) is 11.8. The van der Waals surface area contributed by atoms with Gasteiger partial charge in [-0.2, -0.15) is 5.10 Å². The van der Waals surface area contributed by atoms with E-state index in [0.717, 1.165) is 38.4 Å². The van der Waals surface area contributed by atoms with Crippen molar-refractivity contribution in [3.8, 4) is 0 Å². The van der Waals surface area contributed by atoms with E-state index in [-0.39, 0.29) is 6.04 Å². The highest BCUT2D eigenvalue weighted by Crippen LogP contribution is 2.23. The molecule has 0 aliphatic carbocycles. The zero-order chi connectivity index (χ0) is 13.9. The van der Waals surface area contributed by atoms with Crippen LogP contribution < -0.4 is 5.73 Å². The van der Waals surface area contributed by atoms with Crippen LogP contribution in [0.2, 0.25) is 0 Å². The van der Waals surface area contributed by atoms with Crippen molar-refractivity contribution in [1.82, 2.24) is 29.4 Å². The molecule has 7 nitrogen and oxygen atoms in total. The molecule has 0 radical (unpaired) electrons. The minimum atomic E-state index is 0.200. The Morgan fingerprint density at radius 1 is 1.40 bits per heavy atom. The van der Waals surface area contributed by atoms with Gasteiger partial charge in [-0.25, -0.2) is 0 Å². The van der Waals surface area contributed by atoms with Gasteiger partial charge in [0.15, 0.2) is 0 Å². The van der Waals surface area contributed by atoms with Gasteiger partial charge in [0, 0.05) is 37.9 Å². The van der Waals surface area contributed by atoms with E-state index >= 15 is 0 Å². The Bertz CT molecular complexity index is 559. The minimum absolute atomic E-state index is 0.200. The second-order valence-electron chi connectivity index (χ2n) is 5.20. The Labute approximate surface area is 118 Å². The normalized spacial score (nSPS) is 17.1.